The van der Waals surface area contributed by atoms with Crippen LogP contribution < -0.4 is 5.32 Å². The number of hydrogen-bond donors (Lipinski definition) is 1. The first-order valence-corrected chi connectivity index (χ1v) is 7.50. The summed E-state index contributed by atoms with van der Waals surface area (Å²) in [5.74, 6) is 2.29. The zero-order chi connectivity index (χ0) is 11.9. The van der Waals surface area contributed by atoms with Gasteiger partial charge in [-0.2, -0.15) is 11.8 Å². The molecule has 2 nitrogen and oxygen atoms in total. The Morgan fingerprint density at radius 2 is 2.18 bits per heavy atom. The third kappa shape index (κ3) is 4.60. The van der Waals surface area contributed by atoms with E-state index in [9.17, 15) is 0 Å². The molecule has 1 saturated heterocycles. The van der Waals surface area contributed by atoms with Gasteiger partial charge < -0.3 is 10.1 Å². The van der Waals surface area contributed by atoms with Crippen molar-refractivity contribution >= 4 is 17.4 Å². The quantitative estimate of drug-likeness (QED) is 0.784. The monoisotopic (exact) mass is 251 g/mol. The molecule has 1 aromatic carbocycles. The van der Waals surface area contributed by atoms with Gasteiger partial charge in [0.1, 0.15) is 0 Å². The predicted octanol–water partition coefficient (Wildman–Crippen LogP) is 3.32. The minimum atomic E-state index is 0.513. The largest absolute Gasteiger partial charge is 0.384 e. The molecule has 0 spiro atoms. The number of thioether (sulfide) groups is 1. The fraction of sp³-hybridized carbons (Fsp3) is 0.571. The van der Waals surface area contributed by atoms with E-state index < -0.39 is 0 Å². The van der Waals surface area contributed by atoms with Crippen LogP contribution in [-0.2, 0) is 4.74 Å². The van der Waals surface area contributed by atoms with Crippen molar-refractivity contribution in [1.82, 2.24) is 0 Å². The van der Waals surface area contributed by atoms with E-state index in [1.165, 1.54) is 24.1 Å². The number of anilines is 1. The van der Waals surface area contributed by atoms with Crippen LogP contribution in [0.3, 0.4) is 0 Å². The predicted molar refractivity (Wildman–Crippen MR) is 76.0 cm³/mol. The molecular weight excluding hydrogens is 230 g/mol. The maximum Gasteiger partial charge on any atom is 0.0666 e. The van der Waals surface area contributed by atoms with Crippen LogP contribution >= 0.6 is 11.8 Å². The van der Waals surface area contributed by atoms with Crippen LogP contribution in [0.1, 0.15) is 18.4 Å². The molecule has 1 aromatic rings. The molecule has 0 radical (unpaired) electrons. The summed E-state index contributed by atoms with van der Waals surface area (Å²) in [5, 5.41) is 3.44. The summed E-state index contributed by atoms with van der Waals surface area (Å²) in [6, 6.07) is 8.56. The van der Waals surface area contributed by atoms with Gasteiger partial charge in [-0.25, -0.2) is 0 Å². The molecule has 0 aliphatic carbocycles. The van der Waals surface area contributed by atoms with Gasteiger partial charge in [-0.1, -0.05) is 17.7 Å². The molecule has 17 heavy (non-hydrogen) atoms. The summed E-state index contributed by atoms with van der Waals surface area (Å²) in [6.07, 6.45) is 3.00. The molecule has 94 valence electrons. The van der Waals surface area contributed by atoms with Crippen LogP contribution in [0, 0.1) is 6.92 Å². The minimum absolute atomic E-state index is 0.513. The highest BCUT2D eigenvalue weighted by Crippen LogP contribution is 2.17. The summed E-state index contributed by atoms with van der Waals surface area (Å²) < 4.78 is 5.59. The SMILES string of the molecule is Cc1ccc(NCCSCC2CCCO2)cc1. The van der Waals surface area contributed by atoms with E-state index >= 15 is 0 Å². The fourth-order valence-corrected chi connectivity index (χ4v) is 2.87. The van der Waals surface area contributed by atoms with Crippen LogP contribution in [0.5, 0.6) is 0 Å². The van der Waals surface area contributed by atoms with Crippen molar-refractivity contribution < 1.29 is 4.74 Å². The normalized spacial score (nSPS) is 19.5. The van der Waals surface area contributed by atoms with E-state index in [2.05, 4.69) is 36.5 Å². The van der Waals surface area contributed by atoms with Crippen LogP contribution in [0.4, 0.5) is 5.69 Å². The Kier molecular flexibility index (Phi) is 5.20. The van der Waals surface area contributed by atoms with E-state index in [4.69, 9.17) is 4.74 Å². The fourth-order valence-electron chi connectivity index (χ4n) is 1.93. The van der Waals surface area contributed by atoms with Crippen molar-refractivity contribution in [2.24, 2.45) is 0 Å². The van der Waals surface area contributed by atoms with E-state index in [0.717, 1.165) is 24.7 Å². The number of rotatable bonds is 6. The Morgan fingerprint density at radius 3 is 2.88 bits per heavy atom. The number of aryl methyl sites for hydroxylation is 1. The molecule has 0 amide bonds. The molecule has 1 aliphatic rings. The molecule has 0 bridgehead atoms. The molecule has 1 aliphatic heterocycles. The van der Waals surface area contributed by atoms with E-state index in [1.807, 2.05) is 11.8 Å². The van der Waals surface area contributed by atoms with Crippen LogP contribution in [0.15, 0.2) is 24.3 Å². The highest BCUT2D eigenvalue weighted by molar-refractivity contribution is 7.99. The van der Waals surface area contributed by atoms with Crippen molar-refractivity contribution in [3.63, 3.8) is 0 Å². The van der Waals surface area contributed by atoms with Crippen molar-refractivity contribution in [2.45, 2.75) is 25.9 Å². The van der Waals surface area contributed by atoms with E-state index in [0.29, 0.717) is 6.10 Å². The van der Waals surface area contributed by atoms with Gasteiger partial charge in [-0.3, -0.25) is 0 Å². The molecule has 1 heterocycles. The zero-order valence-electron chi connectivity index (χ0n) is 10.4. The second-order valence-electron chi connectivity index (χ2n) is 4.50. The second-order valence-corrected chi connectivity index (χ2v) is 5.65. The Hall–Kier alpha value is -0.670. The molecule has 0 saturated carbocycles. The number of ether oxygens (including phenoxy) is 1. The summed E-state index contributed by atoms with van der Waals surface area (Å²) in [4.78, 5) is 0. The molecule has 0 aromatic heterocycles. The van der Waals surface area contributed by atoms with E-state index in [-0.39, 0.29) is 0 Å². The Morgan fingerprint density at radius 1 is 1.35 bits per heavy atom. The number of nitrogens with one attached hydrogen (secondary N) is 1. The van der Waals surface area contributed by atoms with Gasteiger partial charge in [0.2, 0.25) is 0 Å². The first-order chi connectivity index (χ1) is 8.34. The second kappa shape index (κ2) is 6.92. The Bertz CT molecular complexity index is 319. The Balaban J connectivity index is 1.55. The van der Waals surface area contributed by atoms with Gasteiger partial charge in [-0.15, -0.1) is 0 Å². The summed E-state index contributed by atoms with van der Waals surface area (Å²) in [6.45, 7) is 4.11. The average molecular weight is 251 g/mol. The molecule has 1 atom stereocenters. The van der Waals surface area contributed by atoms with Gasteiger partial charge in [-0.05, 0) is 31.9 Å². The van der Waals surface area contributed by atoms with Crippen molar-refractivity contribution in [3.05, 3.63) is 29.8 Å². The van der Waals surface area contributed by atoms with Crippen molar-refractivity contribution in [1.29, 1.82) is 0 Å². The van der Waals surface area contributed by atoms with Crippen LogP contribution in [-0.4, -0.2) is 30.8 Å². The van der Waals surface area contributed by atoms with Crippen molar-refractivity contribution in [3.8, 4) is 0 Å². The highest BCUT2D eigenvalue weighted by Gasteiger charge is 2.14. The molecular formula is C14H21NOS. The standard InChI is InChI=1S/C14H21NOS/c1-12-4-6-13(7-5-12)15-8-10-17-11-14-3-2-9-16-14/h4-7,14-15H,2-3,8-11H2,1H3. The first-order valence-electron chi connectivity index (χ1n) is 6.34. The lowest BCUT2D eigenvalue weighted by molar-refractivity contribution is 0.129. The highest BCUT2D eigenvalue weighted by atomic mass is 32.2. The van der Waals surface area contributed by atoms with Gasteiger partial charge in [0.15, 0.2) is 0 Å². The lowest BCUT2D eigenvalue weighted by Gasteiger charge is -2.09. The first kappa shape index (κ1) is 12.8. The zero-order valence-corrected chi connectivity index (χ0v) is 11.3. The van der Waals surface area contributed by atoms with Gasteiger partial charge in [0, 0.05) is 30.3 Å². The molecule has 3 heteroatoms. The topological polar surface area (TPSA) is 21.3 Å². The lowest BCUT2D eigenvalue weighted by atomic mass is 10.2. The summed E-state index contributed by atoms with van der Waals surface area (Å²) in [7, 11) is 0. The average Bonchev–Trinajstić information content (AvgIpc) is 2.84. The smallest absolute Gasteiger partial charge is 0.0666 e. The molecule has 1 N–H and O–H groups in total. The third-order valence-electron chi connectivity index (χ3n) is 2.95. The maximum absolute atomic E-state index is 5.59. The van der Waals surface area contributed by atoms with E-state index in [1.54, 1.807) is 0 Å². The van der Waals surface area contributed by atoms with Crippen LogP contribution in [0.25, 0.3) is 0 Å². The third-order valence-corrected chi connectivity index (χ3v) is 4.06. The van der Waals surface area contributed by atoms with Gasteiger partial charge in [0.25, 0.3) is 0 Å². The molecule has 1 fully saturated rings. The van der Waals surface area contributed by atoms with Gasteiger partial charge >= 0.3 is 0 Å². The summed E-state index contributed by atoms with van der Waals surface area (Å²) in [5.41, 5.74) is 2.52. The molecule has 2 rings (SSSR count). The number of hydrogen-bond acceptors (Lipinski definition) is 3. The van der Waals surface area contributed by atoms with Crippen LogP contribution in [0.2, 0.25) is 0 Å². The van der Waals surface area contributed by atoms with Gasteiger partial charge in [0.05, 0.1) is 6.10 Å². The summed E-state index contributed by atoms with van der Waals surface area (Å²) >= 11 is 1.99. The lowest BCUT2D eigenvalue weighted by Crippen LogP contribution is -2.11. The maximum atomic E-state index is 5.59. The number of benzene rings is 1. The Labute approximate surface area is 108 Å². The molecule has 1 unspecified atom stereocenters. The minimum Gasteiger partial charge on any atom is -0.384 e. The van der Waals surface area contributed by atoms with Crippen molar-refractivity contribution in [2.75, 3.05) is 30.0 Å².